The number of halogens is 2. The summed E-state index contributed by atoms with van der Waals surface area (Å²) in [5, 5.41) is 3.71. The zero-order valence-electron chi connectivity index (χ0n) is 13.9. The van der Waals surface area contributed by atoms with Gasteiger partial charge in [-0.3, -0.25) is 0 Å². The van der Waals surface area contributed by atoms with Crippen molar-refractivity contribution in [3.63, 3.8) is 0 Å². The molecule has 2 fully saturated rings. The molecule has 1 aromatic rings. The van der Waals surface area contributed by atoms with Gasteiger partial charge in [0, 0.05) is 43.5 Å². The molecule has 1 atom stereocenters. The van der Waals surface area contributed by atoms with Crippen LogP contribution in [0.1, 0.15) is 32.1 Å². The molecule has 5 heteroatoms. The van der Waals surface area contributed by atoms with E-state index in [-0.39, 0.29) is 0 Å². The Morgan fingerprint density at radius 1 is 1.04 bits per heavy atom. The van der Waals surface area contributed by atoms with Crippen LogP contribution in [0.3, 0.4) is 0 Å². The van der Waals surface area contributed by atoms with E-state index in [9.17, 15) is 8.78 Å². The molecular formula is C18H27F2N3. The van der Waals surface area contributed by atoms with Crippen molar-refractivity contribution < 1.29 is 8.78 Å². The highest BCUT2D eigenvalue weighted by atomic mass is 19.2. The quantitative estimate of drug-likeness (QED) is 0.919. The van der Waals surface area contributed by atoms with Crippen LogP contribution in [0.2, 0.25) is 0 Å². The van der Waals surface area contributed by atoms with Crippen LogP contribution in [-0.2, 0) is 0 Å². The third-order valence-electron chi connectivity index (χ3n) is 5.33. The lowest BCUT2D eigenvalue weighted by Gasteiger charge is -2.37. The maximum atomic E-state index is 13.4. The highest BCUT2D eigenvalue weighted by Crippen LogP contribution is 2.22. The van der Waals surface area contributed by atoms with Crippen LogP contribution in [-0.4, -0.2) is 50.2 Å². The average molecular weight is 323 g/mol. The van der Waals surface area contributed by atoms with Crippen LogP contribution in [0.5, 0.6) is 0 Å². The number of likely N-dealkylation sites (N-methyl/N-ethyl adjacent to an activating group) is 1. The van der Waals surface area contributed by atoms with Gasteiger partial charge in [-0.15, -0.1) is 0 Å². The zero-order valence-corrected chi connectivity index (χ0v) is 13.9. The number of hydrogen-bond donors (Lipinski definition) is 1. The second-order valence-electron chi connectivity index (χ2n) is 6.90. The van der Waals surface area contributed by atoms with Gasteiger partial charge < -0.3 is 15.1 Å². The molecule has 3 nitrogen and oxygen atoms in total. The third kappa shape index (κ3) is 4.21. The maximum Gasteiger partial charge on any atom is 0.160 e. The predicted octanol–water partition coefficient (Wildman–Crippen LogP) is 3.01. The molecule has 0 saturated carbocycles. The highest BCUT2D eigenvalue weighted by Gasteiger charge is 2.23. The molecule has 0 spiro atoms. The maximum absolute atomic E-state index is 13.4. The van der Waals surface area contributed by atoms with E-state index in [2.05, 4.69) is 22.2 Å². The Kier molecular flexibility index (Phi) is 5.49. The standard InChI is InChI=1S/C18H27F2N3/c1-22-9-3-2-4-16(22)13-21-14-7-10-23(11-8-14)15-5-6-17(19)18(20)12-15/h5-6,12,14,16,21H,2-4,7-11,13H2,1H3. The van der Waals surface area contributed by atoms with Crippen molar-refractivity contribution >= 4 is 5.69 Å². The summed E-state index contributed by atoms with van der Waals surface area (Å²) in [6.07, 6.45) is 6.05. The van der Waals surface area contributed by atoms with Gasteiger partial charge >= 0.3 is 0 Å². The van der Waals surface area contributed by atoms with Crippen LogP contribution in [0.15, 0.2) is 18.2 Å². The Balaban J connectivity index is 1.45. The number of benzene rings is 1. The van der Waals surface area contributed by atoms with Gasteiger partial charge in [0.25, 0.3) is 0 Å². The molecule has 0 amide bonds. The van der Waals surface area contributed by atoms with Gasteiger partial charge in [-0.2, -0.15) is 0 Å². The Labute approximate surface area is 137 Å². The van der Waals surface area contributed by atoms with Crippen LogP contribution in [0, 0.1) is 11.6 Å². The number of nitrogens with zero attached hydrogens (tertiary/aromatic N) is 2. The molecule has 2 aliphatic heterocycles. The van der Waals surface area contributed by atoms with Crippen molar-refractivity contribution in [1.82, 2.24) is 10.2 Å². The van der Waals surface area contributed by atoms with Crippen LogP contribution in [0.25, 0.3) is 0 Å². The van der Waals surface area contributed by atoms with E-state index in [1.54, 1.807) is 6.07 Å². The molecule has 1 aromatic carbocycles. The molecule has 2 aliphatic rings. The number of anilines is 1. The van der Waals surface area contributed by atoms with Gasteiger partial charge in [0.1, 0.15) is 0 Å². The molecule has 0 aromatic heterocycles. The van der Waals surface area contributed by atoms with Gasteiger partial charge in [-0.25, -0.2) is 8.78 Å². The normalized spacial score (nSPS) is 24.1. The van der Waals surface area contributed by atoms with E-state index in [0.717, 1.165) is 38.2 Å². The SMILES string of the molecule is CN1CCCCC1CNC1CCN(c2ccc(F)c(F)c2)CC1. The lowest BCUT2D eigenvalue weighted by atomic mass is 10.0. The molecule has 2 heterocycles. The highest BCUT2D eigenvalue weighted by molar-refractivity contribution is 5.47. The zero-order chi connectivity index (χ0) is 16.2. The van der Waals surface area contributed by atoms with Crippen LogP contribution in [0.4, 0.5) is 14.5 Å². The van der Waals surface area contributed by atoms with Gasteiger partial charge in [-0.1, -0.05) is 6.42 Å². The topological polar surface area (TPSA) is 18.5 Å². The molecule has 23 heavy (non-hydrogen) atoms. The smallest absolute Gasteiger partial charge is 0.160 e. The number of piperidine rings is 2. The summed E-state index contributed by atoms with van der Waals surface area (Å²) >= 11 is 0. The summed E-state index contributed by atoms with van der Waals surface area (Å²) in [4.78, 5) is 4.61. The number of likely N-dealkylation sites (tertiary alicyclic amines) is 1. The van der Waals surface area contributed by atoms with E-state index >= 15 is 0 Å². The molecule has 3 rings (SSSR count). The average Bonchev–Trinajstić information content (AvgIpc) is 2.57. The molecule has 0 radical (unpaired) electrons. The first kappa shape index (κ1) is 16.7. The molecule has 128 valence electrons. The number of hydrogen-bond acceptors (Lipinski definition) is 3. The van der Waals surface area contributed by atoms with Gasteiger partial charge in [0.2, 0.25) is 0 Å². The van der Waals surface area contributed by atoms with Crippen molar-refractivity contribution in [2.75, 3.05) is 38.1 Å². The molecule has 1 unspecified atom stereocenters. The largest absolute Gasteiger partial charge is 0.371 e. The van der Waals surface area contributed by atoms with Crippen molar-refractivity contribution in [3.8, 4) is 0 Å². The van der Waals surface area contributed by atoms with Crippen LogP contribution >= 0.6 is 0 Å². The fourth-order valence-electron chi connectivity index (χ4n) is 3.73. The Hall–Kier alpha value is -1.20. The Bertz CT molecular complexity index is 515. The molecule has 2 saturated heterocycles. The van der Waals surface area contributed by atoms with Gasteiger partial charge in [0.05, 0.1) is 0 Å². The van der Waals surface area contributed by atoms with Gasteiger partial charge in [0.15, 0.2) is 11.6 Å². The minimum absolute atomic E-state index is 0.534. The first-order chi connectivity index (χ1) is 11.1. The fourth-order valence-corrected chi connectivity index (χ4v) is 3.73. The minimum atomic E-state index is -0.776. The number of rotatable bonds is 4. The van der Waals surface area contributed by atoms with E-state index in [1.807, 2.05) is 0 Å². The summed E-state index contributed by atoms with van der Waals surface area (Å²) in [7, 11) is 2.22. The first-order valence-electron chi connectivity index (χ1n) is 8.77. The Morgan fingerprint density at radius 3 is 2.52 bits per heavy atom. The molecule has 0 aliphatic carbocycles. The second kappa shape index (κ2) is 7.58. The van der Waals surface area contributed by atoms with E-state index in [0.29, 0.717) is 12.1 Å². The van der Waals surface area contributed by atoms with E-state index < -0.39 is 11.6 Å². The molecular weight excluding hydrogens is 296 g/mol. The molecule has 0 bridgehead atoms. The summed E-state index contributed by atoms with van der Waals surface area (Å²) in [6.45, 7) is 4.06. The molecule has 1 N–H and O–H groups in total. The van der Waals surface area contributed by atoms with Gasteiger partial charge in [-0.05, 0) is 51.4 Å². The number of nitrogens with one attached hydrogen (secondary N) is 1. The lowest BCUT2D eigenvalue weighted by molar-refractivity contribution is 0.175. The predicted molar refractivity (Wildman–Crippen MR) is 89.9 cm³/mol. The Morgan fingerprint density at radius 2 is 1.83 bits per heavy atom. The third-order valence-corrected chi connectivity index (χ3v) is 5.33. The van der Waals surface area contributed by atoms with Crippen LogP contribution < -0.4 is 10.2 Å². The monoisotopic (exact) mass is 323 g/mol. The van der Waals surface area contributed by atoms with E-state index in [1.165, 1.54) is 37.9 Å². The fraction of sp³-hybridized carbons (Fsp3) is 0.667. The first-order valence-corrected chi connectivity index (χ1v) is 8.77. The summed E-state index contributed by atoms with van der Waals surface area (Å²) in [5.74, 6) is -1.54. The summed E-state index contributed by atoms with van der Waals surface area (Å²) < 4.78 is 26.4. The minimum Gasteiger partial charge on any atom is -0.371 e. The van der Waals surface area contributed by atoms with Crippen molar-refractivity contribution in [3.05, 3.63) is 29.8 Å². The second-order valence-corrected chi connectivity index (χ2v) is 6.90. The van der Waals surface area contributed by atoms with Crippen molar-refractivity contribution in [2.45, 2.75) is 44.2 Å². The summed E-state index contributed by atoms with van der Waals surface area (Å²) in [5.41, 5.74) is 0.786. The lowest BCUT2D eigenvalue weighted by Crippen LogP contribution is -2.48. The summed E-state index contributed by atoms with van der Waals surface area (Å²) in [6, 6.07) is 5.39. The van der Waals surface area contributed by atoms with E-state index in [4.69, 9.17) is 0 Å². The van der Waals surface area contributed by atoms with Crippen molar-refractivity contribution in [2.24, 2.45) is 0 Å². The van der Waals surface area contributed by atoms with Crippen molar-refractivity contribution in [1.29, 1.82) is 0 Å².